The first kappa shape index (κ1) is 15.4. The molecule has 0 spiro atoms. The number of likely N-dealkylation sites (N-methyl/N-ethyl adjacent to an activating group) is 1. The van der Waals surface area contributed by atoms with Gasteiger partial charge in [0.15, 0.2) is 0 Å². The Morgan fingerprint density at radius 1 is 1.33 bits per heavy atom. The average molecular weight is 305 g/mol. The Balaban J connectivity index is 2.07. The molecule has 2 rings (SSSR count). The molecule has 0 aliphatic carbocycles. The summed E-state index contributed by atoms with van der Waals surface area (Å²) in [7, 11) is 3.76. The molecule has 0 bridgehead atoms. The van der Waals surface area contributed by atoms with Gasteiger partial charge in [-0.3, -0.25) is 9.69 Å². The number of aryl methyl sites for hydroxylation is 1. The third-order valence-electron chi connectivity index (χ3n) is 3.05. The number of aromatic nitrogens is 2. The van der Waals surface area contributed by atoms with Crippen LogP contribution in [0.25, 0.3) is 0 Å². The molecule has 1 aromatic carbocycles. The third-order valence-corrected chi connectivity index (χ3v) is 3.81. The number of carbonyl (C=O) groups is 1. The monoisotopic (exact) mass is 305 g/mol. The van der Waals surface area contributed by atoms with E-state index in [0.29, 0.717) is 16.7 Å². The Bertz CT molecular complexity index is 608. The minimum absolute atomic E-state index is 0.0716. The molecule has 0 radical (unpaired) electrons. The van der Waals surface area contributed by atoms with Gasteiger partial charge in [0.05, 0.1) is 6.54 Å². The topological polar surface area (TPSA) is 84.1 Å². The fourth-order valence-corrected chi connectivity index (χ4v) is 2.58. The third kappa shape index (κ3) is 3.99. The lowest BCUT2D eigenvalue weighted by Gasteiger charge is -2.23. The predicted molar refractivity (Wildman–Crippen MR) is 83.8 cm³/mol. The Morgan fingerprint density at radius 2 is 2.00 bits per heavy atom. The molecule has 1 unspecified atom stereocenters. The van der Waals surface area contributed by atoms with Crippen molar-refractivity contribution in [3.63, 3.8) is 0 Å². The Hall–Kier alpha value is -1.99. The van der Waals surface area contributed by atoms with E-state index in [9.17, 15) is 4.79 Å². The number of anilines is 1. The summed E-state index contributed by atoms with van der Waals surface area (Å²) in [5.41, 5.74) is 7.65. The van der Waals surface area contributed by atoms with Crippen molar-refractivity contribution in [2.75, 3.05) is 19.8 Å². The van der Waals surface area contributed by atoms with E-state index >= 15 is 0 Å². The summed E-state index contributed by atoms with van der Waals surface area (Å²) >= 11 is 1.27. The highest BCUT2D eigenvalue weighted by Crippen LogP contribution is 2.19. The summed E-state index contributed by atoms with van der Waals surface area (Å²) in [4.78, 5) is 14.3. The van der Waals surface area contributed by atoms with Crippen molar-refractivity contribution in [1.82, 2.24) is 20.4 Å². The second kappa shape index (κ2) is 6.64. The lowest BCUT2D eigenvalue weighted by Crippen LogP contribution is -2.36. The number of nitrogens with zero attached hydrogens (tertiary/aromatic N) is 3. The highest BCUT2D eigenvalue weighted by molar-refractivity contribution is 7.15. The molecule has 0 fully saturated rings. The molecule has 7 heteroatoms. The van der Waals surface area contributed by atoms with Crippen molar-refractivity contribution in [2.45, 2.75) is 19.5 Å². The van der Waals surface area contributed by atoms with Crippen LogP contribution >= 0.6 is 11.3 Å². The van der Waals surface area contributed by atoms with E-state index in [2.05, 4.69) is 15.5 Å². The van der Waals surface area contributed by atoms with E-state index in [-0.39, 0.29) is 11.9 Å². The zero-order chi connectivity index (χ0) is 15.4. The molecule has 112 valence electrons. The van der Waals surface area contributed by atoms with Crippen molar-refractivity contribution in [3.05, 3.63) is 40.4 Å². The minimum atomic E-state index is -0.337. The van der Waals surface area contributed by atoms with Crippen LogP contribution in [0.5, 0.6) is 0 Å². The highest BCUT2D eigenvalue weighted by atomic mass is 32.1. The van der Waals surface area contributed by atoms with Gasteiger partial charge in [-0.15, -0.1) is 10.2 Å². The SMILES string of the molecule is Cc1ccc(C(C(=O)NCc2nnc(N)s2)N(C)C)cc1. The van der Waals surface area contributed by atoms with Crippen LogP contribution in [0.1, 0.15) is 22.2 Å². The van der Waals surface area contributed by atoms with E-state index in [1.807, 2.05) is 50.2 Å². The van der Waals surface area contributed by atoms with Crippen LogP contribution in [0, 0.1) is 6.92 Å². The number of nitrogens with one attached hydrogen (secondary N) is 1. The fraction of sp³-hybridized carbons (Fsp3) is 0.357. The first-order valence-electron chi connectivity index (χ1n) is 6.56. The maximum Gasteiger partial charge on any atom is 0.242 e. The molecular weight excluding hydrogens is 286 g/mol. The number of carbonyl (C=O) groups excluding carboxylic acids is 1. The van der Waals surface area contributed by atoms with E-state index in [1.54, 1.807) is 0 Å². The van der Waals surface area contributed by atoms with Crippen LogP contribution in [-0.2, 0) is 11.3 Å². The van der Waals surface area contributed by atoms with Crippen molar-refractivity contribution >= 4 is 22.4 Å². The van der Waals surface area contributed by atoms with Crippen molar-refractivity contribution in [2.24, 2.45) is 0 Å². The van der Waals surface area contributed by atoms with Gasteiger partial charge in [-0.05, 0) is 26.6 Å². The average Bonchev–Trinajstić information content (AvgIpc) is 2.84. The largest absolute Gasteiger partial charge is 0.374 e. The fourth-order valence-electron chi connectivity index (χ4n) is 2.03. The van der Waals surface area contributed by atoms with E-state index in [1.165, 1.54) is 16.9 Å². The standard InChI is InChI=1S/C14H19N5OS/c1-9-4-6-10(7-5-9)12(19(2)3)13(20)16-8-11-17-18-14(15)21-11/h4-7,12H,8H2,1-3H3,(H2,15,18)(H,16,20). The first-order valence-corrected chi connectivity index (χ1v) is 7.37. The van der Waals surface area contributed by atoms with E-state index in [4.69, 9.17) is 5.73 Å². The molecule has 1 heterocycles. The molecule has 21 heavy (non-hydrogen) atoms. The van der Waals surface area contributed by atoms with Crippen molar-refractivity contribution in [1.29, 1.82) is 0 Å². The van der Waals surface area contributed by atoms with Crippen LogP contribution < -0.4 is 11.1 Å². The van der Waals surface area contributed by atoms with Gasteiger partial charge in [0, 0.05) is 0 Å². The molecule has 0 saturated heterocycles. The summed E-state index contributed by atoms with van der Waals surface area (Å²) in [6.07, 6.45) is 0. The summed E-state index contributed by atoms with van der Waals surface area (Å²) in [6.45, 7) is 2.36. The van der Waals surface area contributed by atoms with Crippen LogP contribution in [0.2, 0.25) is 0 Å². The van der Waals surface area contributed by atoms with Gasteiger partial charge < -0.3 is 11.1 Å². The smallest absolute Gasteiger partial charge is 0.242 e. The van der Waals surface area contributed by atoms with Crippen molar-refractivity contribution in [3.8, 4) is 0 Å². The molecule has 0 aliphatic rings. The van der Waals surface area contributed by atoms with Gasteiger partial charge in [0.25, 0.3) is 0 Å². The van der Waals surface area contributed by atoms with Crippen LogP contribution in [0.4, 0.5) is 5.13 Å². The van der Waals surface area contributed by atoms with Crippen LogP contribution in [0.3, 0.4) is 0 Å². The lowest BCUT2D eigenvalue weighted by molar-refractivity contribution is -0.125. The number of hydrogen-bond acceptors (Lipinski definition) is 6. The van der Waals surface area contributed by atoms with Gasteiger partial charge in [-0.25, -0.2) is 0 Å². The van der Waals surface area contributed by atoms with Crippen LogP contribution in [-0.4, -0.2) is 35.1 Å². The molecule has 1 atom stereocenters. The second-order valence-corrected chi connectivity index (χ2v) is 6.12. The molecule has 1 aromatic heterocycles. The zero-order valence-corrected chi connectivity index (χ0v) is 13.1. The van der Waals surface area contributed by atoms with Crippen LogP contribution in [0.15, 0.2) is 24.3 Å². The molecule has 1 amide bonds. The van der Waals surface area contributed by atoms with Gasteiger partial charge in [-0.2, -0.15) is 0 Å². The maximum atomic E-state index is 12.4. The van der Waals surface area contributed by atoms with Gasteiger partial charge in [0.1, 0.15) is 11.0 Å². The molecule has 0 aliphatic heterocycles. The highest BCUT2D eigenvalue weighted by Gasteiger charge is 2.22. The Kier molecular flexibility index (Phi) is 4.87. The Morgan fingerprint density at radius 3 is 2.52 bits per heavy atom. The summed E-state index contributed by atoms with van der Waals surface area (Å²) < 4.78 is 0. The van der Waals surface area contributed by atoms with Gasteiger partial charge >= 0.3 is 0 Å². The summed E-state index contributed by atoms with van der Waals surface area (Å²) in [5.74, 6) is -0.0716. The first-order chi connectivity index (χ1) is 9.97. The number of benzene rings is 1. The molecule has 3 N–H and O–H groups in total. The Labute approximate surface area is 128 Å². The quantitative estimate of drug-likeness (QED) is 0.871. The van der Waals surface area contributed by atoms with Gasteiger partial charge in [0.2, 0.25) is 11.0 Å². The number of nitrogens with two attached hydrogens (primary N) is 1. The summed E-state index contributed by atoms with van der Waals surface area (Å²) in [6, 6.07) is 7.62. The lowest BCUT2D eigenvalue weighted by atomic mass is 10.0. The number of nitrogen functional groups attached to an aromatic ring is 1. The normalized spacial score (nSPS) is 12.4. The molecule has 6 nitrogen and oxygen atoms in total. The maximum absolute atomic E-state index is 12.4. The zero-order valence-electron chi connectivity index (χ0n) is 12.3. The van der Waals surface area contributed by atoms with Crippen molar-refractivity contribution < 1.29 is 4.79 Å². The van der Waals surface area contributed by atoms with E-state index in [0.717, 1.165) is 5.56 Å². The number of hydrogen-bond donors (Lipinski definition) is 2. The van der Waals surface area contributed by atoms with Gasteiger partial charge in [-0.1, -0.05) is 41.2 Å². The molecule has 2 aromatic rings. The summed E-state index contributed by atoms with van der Waals surface area (Å²) in [5, 5.41) is 11.6. The van der Waals surface area contributed by atoms with E-state index < -0.39 is 0 Å². The second-order valence-electron chi connectivity index (χ2n) is 5.03. The number of rotatable bonds is 5. The number of amides is 1. The predicted octanol–water partition coefficient (Wildman–Crippen LogP) is 1.35. The molecule has 0 saturated carbocycles. The minimum Gasteiger partial charge on any atom is -0.374 e. The molecular formula is C14H19N5OS.